The van der Waals surface area contributed by atoms with Crippen molar-refractivity contribution in [1.29, 1.82) is 0 Å². The molecule has 1 aromatic rings. The second-order valence-electron chi connectivity index (χ2n) is 4.51. The Morgan fingerprint density at radius 2 is 2.08 bits per heavy atom. The zero-order chi connectivity index (χ0) is 18.3. The van der Waals surface area contributed by atoms with Crippen LogP contribution in [0.2, 0.25) is 0 Å². The van der Waals surface area contributed by atoms with Crippen molar-refractivity contribution in [2.75, 3.05) is 13.7 Å². The van der Waals surface area contributed by atoms with Crippen molar-refractivity contribution in [2.45, 2.75) is 39.8 Å². The predicted octanol–water partition coefficient (Wildman–Crippen LogP) is -0.166. The molecular formula is C12H19N5O7. The third-order valence-corrected chi connectivity index (χ3v) is 2.69. The van der Waals surface area contributed by atoms with Gasteiger partial charge in [0.1, 0.15) is 6.23 Å². The molecule has 1 amide bonds. The summed E-state index contributed by atoms with van der Waals surface area (Å²) >= 11 is 0. The molecule has 0 radical (unpaired) electrons. The molecule has 0 aliphatic rings. The maximum Gasteiger partial charge on any atom is 0.491 e. The lowest BCUT2D eigenvalue weighted by Gasteiger charge is -2.12. The van der Waals surface area contributed by atoms with Crippen LogP contribution in [-0.4, -0.2) is 57.8 Å². The highest BCUT2D eigenvalue weighted by Gasteiger charge is 2.29. The molecule has 1 heterocycles. The highest BCUT2D eigenvalue weighted by atomic mass is 16.7. The smallest absolute Gasteiger partial charge is 0.435 e. The van der Waals surface area contributed by atoms with Gasteiger partial charge in [-0.3, -0.25) is 4.79 Å². The number of ether oxygens (including phenoxy) is 3. The Bertz CT molecular complexity index is 603. The summed E-state index contributed by atoms with van der Waals surface area (Å²) in [5, 5.41) is 16.7. The summed E-state index contributed by atoms with van der Waals surface area (Å²) in [6, 6.07) is 0. The van der Waals surface area contributed by atoms with Crippen LogP contribution in [0.5, 0.6) is 0 Å². The number of aromatic nitrogens is 3. The van der Waals surface area contributed by atoms with Crippen LogP contribution < -0.4 is 5.32 Å². The number of nitrogens with one attached hydrogen (secondary N) is 1. The predicted molar refractivity (Wildman–Crippen MR) is 77.8 cm³/mol. The maximum absolute atomic E-state index is 12.1. The van der Waals surface area contributed by atoms with E-state index < -0.39 is 47.6 Å². The van der Waals surface area contributed by atoms with Gasteiger partial charge in [-0.05, 0) is 30.7 Å². The summed E-state index contributed by atoms with van der Waals surface area (Å²) in [4.78, 5) is 37.3. The largest absolute Gasteiger partial charge is 0.491 e. The van der Waals surface area contributed by atoms with E-state index in [1.807, 2.05) is 0 Å². The van der Waals surface area contributed by atoms with Gasteiger partial charge < -0.3 is 29.6 Å². The minimum Gasteiger partial charge on any atom is -0.435 e. The highest BCUT2D eigenvalue weighted by molar-refractivity contribution is 5.91. The van der Waals surface area contributed by atoms with Crippen molar-refractivity contribution in [3.63, 3.8) is 0 Å². The maximum atomic E-state index is 12.1. The molecule has 1 aromatic heterocycles. The first kappa shape index (κ1) is 19.4. The topological polar surface area (TPSA) is 148 Å². The summed E-state index contributed by atoms with van der Waals surface area (Å²) in [5.41, 5.74) is 0. The van der Waals surface area contributed by atoms with Crippen LogP contribution in [0.4, 0.5) is 5.95 Å². The fraction of sp³-hybridized carbons (Fsp3) is 0.667. The average molecular weight is 345 g/mol. The first-order valence-electron chi connectivity index (χ1n) is 7.02. The molecule has 2 atom stereocenters. The Morgan fingerprint density at radius 1 is 1.42 bits per heavy atom. The van der Waals surface area contributed by atoms with Gasteiger partial charge in [-0.25, -0.2) is 4.79 Å². The molecule has 0 saturated heterocycles. The van der Waals surface area contributed by atoms with E-state index in [0.29, 0.717) is 6.61 Å². The number of nitrogens with zero attached hydrogens (tertiary/aromatic N) is 4. The lowest BCUT2D eigenvalue weighted by molar-refractivity contribution is -0.394. The second kappa shape index (κ2) is 8.88. The molecule has 1 N–H and O–H groups in total. The molecule has 0 fully saturated rings. The Hall–Kier alpha value is -2.60. The minimum absolute atomic E-state index is 0.339. The molecule has 0 aromatic carbocycles. The molecule has 0 aliphatic carbocycles. The van der Waals surface area contributed by atoms with E-state index >= 15 is 0 Å². The van der Waals surface area contributed by atoms with Crippen LogP contribution in [-0.2, 0) is 25.5 Å². The lowest BCUT2D eigenvalue weighted by Crippen LogP contribution is -2.36. The van der Waals surface area contributed by atoms with E-state index in [0.717, 1.165) is 4.68 Å². The molecular weight excluding hydrogens is 326 g/mol. The van der Waals surface area contributed by atoms with Gasteiger partial charge in [0.05, 0.1) is 0 Å². The average Bonchev–Trinajstić information content (AvgIpc) is 2.91. The Balaban J connectivity index is 2.93. The standard InChI is InChI=1S/C12H19N5O7/c1-5-23-8(3)24-9(18)6-16-10(11(19)13-7(2)22-4)14-12(15-16)17(20)21/h7-8H,5-6H2,1-4H3,(H,13,19). The van der Waals surface area contributed by atoms with Gasteiger partial charge >= 0.3 is 23.6 Å². The van der Waals surface area contributed by atoms with Crippen LogP contribution in [0.3, 0.4) is 0 Å². The molecule has 24 heavy (non-hydrogen) atoms. The van der Waals surface area contributed by atoms with Crippen molar-refractivity contribution >= 4 is 17.8 Å². The summed E-state index contributed by atoms with van der Waals surface area (Å²) in [6.07, 6.45) is -1.46. The molecule has 12 nitrogen and oxygen atoms in total. The number of rotatable bonds is 9. The van der Waals surface area contributed by atoms with Gasteiger partial charge in [0, 0.05) is 18.8 Å². The fourth-order valence-corrected chi connectivity index (χ4v) is 1.61. The van der Waals surface area contributed by atoms with Crippen LogP contribution in [0.25, 0.3) is 0 Å². The van der Waals surface area contributed by atoms with E-state index in [9.17, 15) is 19.7 Å². The molecule has 0 spiro atoms. The number of hydrogen-bond acceptors (Lipinski definition) is 9. The number of carbonyl (C=O) groups is 2. The lowest BCUT2D eigenvalue weighted by atomic mass is 10.5. The van der Waals surface area contributed by atoms with Crippen molar-refractivity contribution < 1.29 is 28.7 Å². The van der Waals surface area contributed by atoms with Gasteiger partial charge in [-0.15, -0.1) is 0 Å². The highest BCUT2D eigenvalue weighted by Crippen LogP contribution is 2.08. The fourth-order valence-electron chi connectivity index (χ4n) is 1.61. The Morgan fingerprint density at radius 3 is 2.62 bits per heavy atom. The third-order valence-electron chi connectivity index (χ3n) is 2.69. The summed E-state index contributed by atoms with van der Waals surface area (Å²) in [7, 11) is 1.37. The molecule has 2 unspecified atom stereocenters. The number of amides is 1. The summed E-state index contributed by atoms with van der Waals surface area (Å²) in [6.45, 7) is 4.59. The van der Waals surface area contributed by atoms with Crippen LogP contribution >= 0.6 is 0 Å². The van der Waals surface area contributed by atoms with Crippen molar-refractivity contribution in [2.24, 2.45) is 0 Å². The van der Waals surface area contributed by atoms with E-state index in [1.165, 1.54) is 14.0 Å². The van der Waals surface area contributed by atoms with Crippen LogP contribution in [0.1, 0.15) is 31.4 Å². The number of carbonyl (C=O) groups excluding carboxylic acids is 2. The summed E-state index contributed by atoms with van der Waals surface area (Å²) < 4.78 is 15.6. The number of methoxy groups -OCH3 is 1. The monoisotopic (exact) mass is 345 g/mol. The second-order valence-corrected chi connectivity index (χ2v) is 4.51. The minimum atomic E-state index is -0.874. The van der Waals surface area contributed by atoms with E-state index in [2.05, 4.69) is 15.4 Å². The molecule has 0 saturated carbocycles. The normalized spacial score (nSPS) is 13.2. The first-order valence-corrected chi connectivity index (χ1v) is 7.02. The van der Waals surface area contributed by atoms with Crippen molar-refractivity contribution in [3.05, 3.63) is 15.9 Å². The zero-order valence-corrected chi connectivity index (χ0v) is 13.7. The molecule has 134 valence electrons. The van der Waals surface area contributed by atoms with Crippen molar-refractivity contribution in [1.82, 2.24) is 20.1 Å². The number of nitro groups is 1. The first-order chi connectivity index (χ1) is 11.3. The number of hydrogen-bond donors (Lipinski definition) is 1. The Kier molecular flexibility index (Phi) is 7.20. The van der Waals surface area contributed by atoms with Gasteiger partial charge in [-0.2, -0.15) is 4.68 Å². The molecule has 0 aliphatic heterocycles. The molecule has 12 heteroatoms. The number of esters is 1. The molecule has 1 rings (SSSR count). The van der Waals surface area contributed by atoms with E-state index in [-0.39, 0.29) is 0 Å². The Labute approximate surface area is 137 Å². The van der Waals surface area contributed by atoms with Gasteiger partial charge in [0.25, 0.3) is 0 Å². The SMILES string of the molecule is CCOC(C)OC(=O)Cn1nc([N+](=O)[O-])nc1C(=O)NC(C)OC. The van der Waals surface area contributed by atoms with Crippen molar-refractivity contribution in [3.8, 4) is 0 Å². The van der Waals surface area contributed by atoms with Gasteiger partial charge in [-0.1, -0.05) is 0 Å². The zero-order valence-electron chi connectivity index (χ0n) is 13.7. The quantitative estimate of drug-likeness (QED) is 0.279. The van der Waals surface area contributed by atoms with Crippen LogP contribution in [0, 0.1) is 10.1 Å². The van der Waals surface area contributed by atoms with E-state index in [4.69, 9.17) is 14.2 Å². The van der Waals surface area contributed by atoms with Crippen LogP contribution in [0.15, 0.2) is 0 Å². The van der Waals surface area contributed by atoms with Gasteiger partial charge in [0.15, 0.2) is 12.8 Å². The summed E-state index contributed by atoms with van der Waals surface area (Å²) in [5.74, 6) is -2.79. The van der Waals surface area contributed by atoms with Gasteiger partial charge in [0.2, 0.25) is 0 Å². The van der Waals surface area contributed by atoms with E-state index in [1.54, 1.807) is 13.8 Å². The third kappa shape index (κ3) is 5.55. The molecule has 0 bridgehead atoms.